The Bertz CT molecular complexity index is 1180. The van der Waals surface area contributed by atoms with Crippen LogP contribution in [0, 0.1) is 10.1 Å². The highest BCUT2D eigenvalue weighted by molar-refractivity contribution is 5.95. The number of hydrogen-bond donors (Lipinski definition) is 0. The van der Waals surface area contributed by atoms with Gasteiger partial charge in [0.15, 0.2) is 5.82 Å². The summed E-state index contributed by atoms with van der Waals surface area (Å²) in [4.78, 5) is 26.5. The molecule has 0 atom stereocenters. The number of para-hydroxylation sites is 1. The maximum Gasteiger partial charge on any atom is 0.277 e. The summed E-state index contributed by atoms with van der Waals surface area (Å²) in [6.07, 6.45) is 3.43. The van der Waals surface area contributed by atoms with E-state index in [0.29, 0.717) is 11.4 Å². The van der Waals surface area contributed by atoms with Crippen molar-refractivity contribution in [3.63, 3.8) is 0 Å². The molecule has 28 heavy (non-hydrogen) atoms. The maximum absolute atomic E-state index is 11.4. The molecule has 2 heterocycles. The fraction of sp³-hybridized carbons (Fsp3) is 0.0952. The lowest BCUT2D eigenvalue weighted by Gasteiger charge is -2.16. The minimum Gasteiger partial charge on any atom is -0.362 e. The molecule has 0 saturated heterocycles. The standard InChI is InChI=1S/C21H17N5O2/c1-25(2)21-17-12-14(16-7-3-4-8-19(16)26(27)28)9-10-18(17)23-20(24-21)15-6-5-11-22-13-15/h3-13H,1-2H3. The van der Waals surface area contributed by atoms with Gasteiger partial charge in [0.2, 0.25) is 0 Å². The quantitative estimate of drug-likeness (QED) is 0.392. The summed E-state index contributed by atoms with van der Waals surface area (Å²) in [6.45, 7) is 0. The first-order valence-electron chi connectivity index (χ1n) is 8.68. The monoisotopic (exact) mass is 371 g/mol. The summed E-state index contributed by atoms with van der Waals surface area (Å²) in [7, 11) is 3.82. The van der Waals surface area contributed by atoms with Crippen LogP contribution in [0.15, 0.2) is 67.0 Å². The molecule has 0 saturated carbocycles. The number of pyridine rings is 1. The van der Waals surface area contributed by atoms with Gasteiger partial charge < -0.3 is 4.90 Å². The van der Waals surface area contributed by atoms with Crippen molar-refractivity contribution in [1.29, 1.82) is 0 Å². The van der Waals surface area contributed by atoms with Crippen LogP contribution in [0.25, 0.3) is 33.4 Å². The van der Waals surface area contributed by atoms with Crippen molar-refractivity contribution in [3.8, 4) is 22.5 Å². The summed E-state index contributed by atoms with van der Waals surface area (Å²) in [6, 6.07) is 16.1. The predicted molar refractivity (Wildman–Crippen MR) is 109 cm³/mol. The molecule has 4 aromatic rings. The number of nitro benzene ring substituents is 1. The number of nitrogens with zero attached hydrogens (tertiary/aromatic N) is 5. The van der Waals surface area contributed by atoms with Crippen LogP contribution in [0.2, 0.25) is 0 Å². The maximum atomic E-state index is 11.4. The van der Waals surface area contributed by atoms with Crippen molar-refractivity contribution in [2.75, 3.05) is 19.0 Å². The number of benzene rings is 2. The normalized spacial score (nSPS) is 10.8. The summed E-state index contributed by atoms with van der Waals surface area (Å²) in [5.74, 6) is 1.33. The van der Waals surface area contributed by atoms with E-state index in [1.807, 2.05) is 49.3 Å². The molecule has 138 valence electrons. The highest BCUT2D eigenvalue weighted by Gasteiger charge is 2.17. The Morgan fingerprint density at radius 3 is 2.50 bits per heavy atom. The Hall–Kier alpha value is -3.87. The average molecular weight is 371 g/mol. The highest BCUT2D eigenvalue weighted by Crippen LogP contribution is 2.34. The van der Waals surface area contributed by atoms with E-state index in [1.165, 1.54) is 6.07 Å². The van der Waals surface area contributed by atoms with Crippen molar-refractivity contribution in [3.05, 3.63) is 77.1 Å². The minimum absolute atomic E-state index is 0.0705. The highest BCUT2D eigenvalue weighted by atomic mass is 16.6. The van der Waals surface area contributed by atoms with Crippen LogP contribution in [-0.4, -0.2) is 34.0 Å². The van der Waals surface area contributed by atoms with Crippen LogP contribution in [0.3, 0.4) is 0 Å². The zero-order valence-corrected chi connectivity index (χ0v) is 15.4. The Balaban J connectivity index is 1.93. The Labute approximate surface area is 161 Å². The molecule has 2 aromatic heterocycles. The molecule has 0 fully saturated rings. The summed E-state index contributed by atoms with van der Waals surface area (Å²) in [5, 5.41) is 12.2. The van der Waals surface area contributed by atoms with Crippen LogP contribution in [0.4, 0.5) is 11.5 Å². The first kappa shape index (κ1) is 17.5. The van der Waals surface area contributed by atoms with E-state index < -0.39 is 0 Å². The van der Waals surface area contributed by atoms with Crippen molar-refractivity contribution >= 4 is 22.4 Å². The molecule has 2 aromatic carbocycles. The van der Waals surface area contributed by atoms with Crippen molar-refractivity contribution in [1.82, 2.24) is 15.0 Å². The molecule has 0 N–H and O–H groups in total. The Morgan fingerprint density at radius 1 is 0.964 bits per heavy atom. The molecule has 0 aliphatic carbocycles. The number of hydrogen-bond acceptors (Lipinski definition) is 6. The lowest BCUT2D eigenvalue weighted by atomic mass is 10.0. The third kappa shape index (κ3) is 3.14. The second-order valence-corrected chi connectivity index (χ2v) is 6.51. The first-order chi connectivity index (χ1) is 13.5. The number of fused-ring (bicyclic) bond motifs is 1. The van der Waals surface area contributed by atoms with Crippen molar-refractivity contribution in [2.24, 2.45) is 0 Å². The van der Waals surface area contributed by atoms with Crippen molar-refractivity contribution < 1.29 is 4.92 Å². The van der Waals surface area contributed by atoms with Crippen LogP contribution >= 0.6 is 0 Å². The summed E-state index contributed by atoms with van der Waals surface area (Å²) in [5.41, 5.74) is 2.98. The summed E-state index contributed by atoms with van der Waals surface area (Å²) < 4.78 is 0. The first-order valence-corrected chi connectivity index (χ1v) is 8.68. The summed E-state index contributed by atoms with van der Waals surface area (Å²) >= 11 is 0. The van der Waals surface area contributed by atoms with Gasteiger partial charge in [0.1, 0.15) is 5.82 Å². The van der Waals surface area contributed by atoms with E-state index >= 15 is 0 Å². The zero-order valence-electron chi connectivity index (χ0n) is 15.4. The van der Waals surface area contributed by atoms with E-state index in [4.69, 9.17) is 4.98 Å². The van der Waals surface area contributed by atoms with E-state index in [2.05, 4.69) is 9.97 Å². The fourth-order valence-corrected chi connectivity index (χ4v) is 3.12. The van der Waals surface area contributed by atoms with Crippen LogP contribution in [0.5, 0.6) is 0 Å². The van der Waals surface area contributed by atoms with Gasteiger partial charge >= 0.3 is 0 Å². The molecule has 0 bridgehead atoms. The smallest absolute Gasteiger partial charge is 0.277 e. The molecule has 7 nitrogen and oxygen atoms in total. The Morgan fingerprint density at radius 2 is 1.79 bits per heavy atom. The van der Waals surface area contributed by atoms with Gasteiger partial charge in [-0.2, -0.15) is 0 Å². The largest absolute Gasteiger partial charge is 0.362 e. The molecule has 0 spiro atoms. The second-order valence-electron chi connectivity index (χ2n) is 6.51. The van der Waals surface area contributed by atoms with Gasteiger partial charge in [-0.15, -0.1) is 0 Å². The van der Waals surface area contributed by atoms with Gasteiger partial charge in [-0.05, 0) is 35.9 Å². The van der Waals surface area contributed by atoms with Gasteiger partial charge in [0.05, 0.1) is 16.0 Å². The Kier molecular flexibility index (Phi) is 4.41. The average Bonchev–Trinajstić information content (AvgIpc) is 2.73. The molecule has 4 rings (SSSR count). The zero-order chi connectivity index (χ0) is 19.7. The number of rotatable bonds is 4. The van der Waals surface area contributed by atoms with E-state index in [1.54, 1.807) is 30.6 Å². The molecule has 0 aliphatic rings. The van der Waals surface area contributed by atoms with Gasteiger partial charge in [0.25, 0.3) is 5.69 Å². The van der Waals surface area contributed by atoms with E-state index in [-0.39, 0.29) is 10.6 Å². The fourth-order valence-electron chi connectivity index (χ4n) is 3.12. The molecule has 0 radical (unpaired) electrons. The van der Waals surface area contributed by atoms with E-state index in [0.717, 1.165) is 27.8 Å². The minimum atomic E-state index is -0.367. The third-order valence-electron chi connectivity index (χ3n) is 4.43. The van der Waals surface area contributed by atoms with E-state index in [9.17, 15) is 10.1 Å². The van der Waals surface area contributed by atoms with Crippen LogP contribution in [0.1, 0.15) is 0 Å². The van der Waals surface area contributed by atoms with Crippen molar-refractivity contribution in [2.45, 2.75) is 0 Å². The predicted octanol–water partition coefficient (Wildman–Crippen LogP) is 4.33. The number of aromatic nitrogens is 3. The SMILES string of the molecule is CN(C)c1nc(-c2cccnc2)nc2ccc(-c3ccccc3[N+](=O)[O-])cc12. The van der Waals surface area contributed by atoms with Crippen LogP contribution < -0.4 is 4.90 Å². The van der Waals surface area contributed by atoms with Gasteiger partial charge in [-0.3, -0.25) is 15.1 Å². The van der Waals surface area contributed by atoms with Gasteiger partial charge in [-0.25, -0.2) is 9.97 Å². The topological polar surface area (TPSA) is 85.0 Å². The second kappa shape index (κ2) is 7.03. The molecular formula is C21H17N5O2. The molecule has 7 heteroatoms. The molecule has 0 amide bonds. The molecule has 0 aliphatic heterocycles. The van der Waals surface area contributed by atoms with Gasteiger partial charge in [-0.1, -0.05) is 18.2 Å². The lowest BCUT2D eigenvalue weighted by molar-refractivity contribution is -0.384. The third-order valence-corrected chi connectivity index (χ3v) is 4.43. The number of anilines is 1. The molecular weight excluding hydrogens is 354 g/mol. The lowest BCUT2D eigenvalue weighted by Crippen LogP contribution is -2.12. The number of nitro groups is 1. The van der Waals surface area contributed by atoms with Crippen LogP contribution in [-0.2, 0) is 0 Å². The van der Waals surface area contributed by atoms with Gasteiger partial charge in [0, 0.05) is 43.5 Å². The molecule has 0 unspecified atom stereocenters.